The van der Waals surface area contributed by atoms with Gasteiger partial charge in [-0.15, -0.1) is 0 Å². The molecular formula is C38H63BrN6O16. The predicted octanol–water partition coefficient (Wildman–Crippen LogP) is -0.937. The molecule has 2 atom stereocenters. The van der Waals surface area contributed by atoms with Gasteiger partial charge in [0.05, 0.1) is 45.0 Å². The van der Waals surface area contributed by atoms with Gasteiger partial charge in [-0.3, -0.25) is 33.6 Å². The average Bonchev–Trinajstić information content (AvgIpc) is 3.22. The van der Waals surface area contributed by atoms with Crippen LogP contribution in [0.25, 0.3) is 0 Å². The molecule has 0 bridgehead atoms. The summed E-state index contributed by atoms with van der Waals surface area (Å²) in [5, 5.41) is 43.4. The van der Waals surface area contributed by atoms with E-state index in [0.717, 1.165) is 0 Å². The first-order chi connectivity index (χ1) is 29.2. The summed E-state index contributed by atoms with van der Waals surface area (Å²) in [7, 11) is 0. The highest BCUT2D eigenvalue weighted by molar-refractivity contribution is 9.09. The third kappa shape index (κ3) is 29.4. The summed E-state index contributed by atoms with van der Waals surface area (Å²) in [4.78, 5) is 106. The van der Waals surface area contributed by atoms with Crippen LogP contribution >= 0.6 is 15.9 Å². The number of carbonyl (C=O) groups is 9. The highest BCUT2D eigenvalue weighted by Gasteiger charge is 2.30. The van der Waals surface area contributed by atoms with Crippen LogP contribution in [-0.2, 0) is 62.1 Å². The summed E-state index contributed by atoms with van der Waals surface area (Å²) in [5.74, 6) is -5.72. The molecule has 0 radical (unpaired) electrons. The Labute approximate surface area is 363 Å². The Kier molecular flexibility index (Phi) is 30.6. The van der Waals surface area contributed by atoms with E-state index in [0.29, 0.717) is 51.6 Å². The highest BCUT2D eigenvalue weighted by atomic mass is 79.9. The fourth-order valence-electron chi connectivity index (χ4n) is 5.87. The van der Waals surface area contributed by atoms with Crippen LogP contribution in [0.15, 0.2) is 0 Å². The van der Waals surface area contributed by atoms with E-state index in [9.17, 15) is 53.4 Å². The molecule has 23 heteroatoms. The van der Waals surface area contributed by atoms with Crippen molar-refractivity contribution in [3.05, 3.63) is 0 Å². The molecule has 0 aromatic carbocycles. The molecule has 1 rings (SSSR count). The number of carboxylic acid groups (broad SMARTS) is 3. The second-order valence-corrected chi connectivity index (χ2v) is 14.7. The molecule has 0 aromatic heterocycles. The maximum Gasteiger partial charge on any atom is 0.326 e. The van der Waals surface area contributed by atoms with Crippen LogP contribution in [0.2, 0.25) is 0 Å². The van der Waals surface area contributed by atoms with E-state index in [1.807, 2.05) is 0 Å². The van der Waals surface area contributed by atoms with Crippen LogP contribution < -0.4 is 31.9 Å². The standard InChI is InChI=1S/C38H63BrN6O16/c39-22-32(48)40-13-2-1-4-28(37(54)55)44-34(50)25-61-21-19-59-17-15-42-33(49)24-60-20-18-58-16-14-41-31(47)12-11-29(38(56)57)45-36(53)27-9-7-26(8-10-27)23-43-30(46)5-3-6-35(51)52/h26-29H,1-25H2,(H,40,48)(H,41,47)(H,42,49)(H,43,46)(H,44,50)(H,45,53)(H,51,52)(H,54,55)(H,56,57)/t26-,27-,28-,29-/m0/s1. The van der Waals surface area contributed by atoms with Crippen molar-refractivity contribution in [3.8, 4) is 0 Å². The number of hydrogen-bond acceptors (Lipinski definition) is 13. The van der Waals surface area contributed by atoms with E-state index >= 15 is 0 Å². The highest BCUT2D eigenvalue weighted by Crippen LogP contribution is 2.28. The van der Waals surface area contributed by atoms with Gasteiger partial charge in [0.25, 0.3) is 0 Å². The van der Waals surface area contributed by atoms with Gasteiger partial charge < -0.3 is 66.2 Å². The minimum Gasteiger partial charge on any atom is -0.481 e. The number of halogens is 1. The summed E-state index contributed by atoms with van der Waals surface area (Å²) in [6, 6.07) is -2.31. The number of aliphatic carboxylic acids is 3. The molecule has 61 heavy (non-hydrogen) atoms. The van der Waals surface area contributed by atoms with Gasteiger partial charge in [-0.25, -0.2) is 9.59 Å². The Morgan fingerprint density at radius 1 is 0.525 bits per heavy atom. The van der Waals surface area contributed by atoms with E-state index in [-0.39, 0.29) is 145 Å². The summed E-state index contributed by atoms with van der Waals surface area (Å²) >= 11 is 3.03. The lowest BCUT2D eigenvalue weighted by atomic mass is 9.81. The van der Waals surface area contributed by atoms with Crippen molar-refractivity contribution in [2.75, 3.05) is 84.4 Å². The third-order valence-electron chi connectivity index (χ3n) is 9.22. The zero-order chi connectivity index (χ0) is 45.3. The van der Waals surface area contributed by atoms with Crippen molar-refractivity contribution < 1.29 is 77.4 Å². The van der Waals surface area contributed by atoms with Crippen LogP contribution in [0.4, 0.5) is 0 Å². The van der Waals surface area contributed by atoms with Gasteiger partial charge in [0.1, 0.15) is 25.3 Å². The zero-order valence-electron chi connectivity index (χ0n) is 34.5. The Balaban J connectivity index is 2.04. The van der Waals surface area contributed by atoms with Gasteiger partial charge in [0, 0.05) is 51.4 Å². The van der Waals surface area contributed by atoms with E-state index < -0.39 is 41.8 Å². The lowest BCUT2D eigenvalue weighted by Crippen LogP contribution is -2.45. The number of unbranched alkanes of at least 4 members (excludes halogenated alkanes) is 1. The molecule has 1 saturated carbocycles. The molecule has 0 aliphatic heterocycles. The van der Waals surface area contributed by atoms with Gasteiger partial charge in [-0.2, -0.15) is 0 Å². The molecular weight excluding hydrogens is 876 g/mol. The van der Waals surface area contributed by atoms with E-state index in [4.69, 9.17) is 24.1 Å². The Hall–Kier alpha value is -4.45. The maximum atomic E-state index is 12.8. The first kappa shape index (κ1) is 54.6. The summed E-state index contributed by atoms with van der Waals surface area (Å²) < 4.78 is 21.2. The predicted molar refractivity (Wildman–Crippen MR) is 218 cm³/mol. The normalized spacial score (nSPS) is 15.7. The molecule has 348 valence electrons. The van der Waals surface area contributed by atoms with E-state index in [1.165, 1.54) is 0 Å². The van der Waals surface area contributed by atoms with Gasteiger partial charge in [0.15, 0.2) is 0 Å². The Bertz CT molecular complexity index is 1380. The lowest BCUT2D eigenvalue weighted by Gasteiger charge is -2.28. The second-order valence-electron chi connectivity index (χ2n) is 14.2. The topological polar surface area (TPSA) is 323 Å². The van der Waals surface area contributed by atoms with Crippen LogP contribution in [0, 0.1) is 11.8 Å². The van der Waals surface area contributed by atoms with Gasteiger partial charge in [0.2, 0.25) is 35.4 Å². The monoisotopic (exact) mass is 938 g/mol. The SMILES string of the molecule is O=C(O)CCCC(=O)NC[C@H]1CC[C@H](C(=O)N[C@@H](CCC(=O)NCCOCCOCC(=O)NCCOCCOCC(=O)N[C@@H](CCCCNC(=O)CBr)C(=O)O)C(=O)O)CC1. The molecule has 0 heterocycles. The molecule has 6 amide bonds. The molecule has 1 aliphatic rings. The number of rotatable bonds is 36. The molecule has 0 aromatic rings. The fourth-order valence-corrected chi connectivity index (χ4v) is 6.07. The quantitative estimate of drug-likeness (QED) is 0.0271. The molecule has 0 spiro atoms. The number of carboxylic acids is 3. The van der Waals surface area contributed by atoms with Gasteiger partial charge >= 0.3 is 17.9 Å². The van der Waals surface area contributed by atoms with Crippen LogP contribution in [-0.4, -0.2) is 165 Å². The molecule has 0 saturated heterocycles. The smallest absolute Gasteiger partial charge is 0.326 e. The summed E-state index contributed by atoms with van der Waals surface area (Å²) in [5.41, 5.74) is 0. The van der Waals surface area contributed by atoms with E-state index in [2.05, 4.69) is 47.8 Å². The lowest BCUT2D eigenvalue weighted by molar-refractivity contribution is -0.143. The second kappa shape index (κ2) is 34.2. The number of nitrogens with one attached hydrogen (secondary N) is 6. The van der Waals surface area contributed by atoms with Crippen molar-refractivity contribution >= 4 is 69.3 Å². The summed E-state index contributed by atoms with van der Waals surface area (Å²) in [6.07, 6.45) is 3.76. The summed E-state index contributed by atoms with van der Waals surface area (Å²) in [6.45, 7) is 1.41. The minimum atomic E-state index is -1.25. The first-order valence-electron chi connectivity index (χ1n) is 20.4. The molecule has 22 nitrogen and oxygen atoms in total. The molecule has 1 fully saturated rings. The van der Waals surface area contributed by atoms with Gasteiger partial charge in [-0.05, 0) is 63.7 Å². The first-order valence-corrected chi connectivity index (χ1v) is 21.5. The zero-order valence-corrected chi connectivity index (χ0v) is 36.1. The van der Waals surface area contributed by atoms with Crippen molar-refractivity contribution in [1.29, 1.82) is 0 Å². The minimum absolute atomic E-state index is 0.0704. The van der Waals surface area contributed by atoms with Crippen LogP contribution in [0.5, 0.6) is 0 Å². The Morgan fingerprint density at radius 3 is 1.66 bits per heavy atom. The largest absolute Gasteiger partial charge is 0.481 e. The average molecular weight is 940 g/mol. The molecule has 1 aliphatic carbocycles. The molecule has 0 unspecified atom stereocenters. The van der Waals surface area contributed by atoms with Crippen LogP contribution in [0.3, 0.4) is 0 Å². The van der Waals surface area contributed by atoms with Crippen LogP contribution in [0.1, 0.15) is 77.0 Å². The number of ether oxygens (including phenoxy) is 4. The molecule has 9 N–H and O–H groups in total. The van der Waals surface area contributed by atoms with Crippen molar-refractivity contribution in [2.24, 2.45) is 11.8 Å². The van der Waals surface area contributed by atoms with E-state index in [1.54, 1.807) is 0 Å². The van der Waals surface area contributed by atoms with Crippen molar-refractivity contribution in [2.45, 2.75) is 89.1 Å². The number of alkyl halides is 1. The van der Waals surface area contributed by atoms with Crippen molar-refractivity contribution in [3.63, 3.8) is 0 Å². The Morgan fingerprint density at radius 2 is 1.07 bits per heavy atom. The maximum absolute atomic E-state index is 12.8. The fraction of sp³-hybridized carbons (Fsp3) is 0.763. The van der Waals surface area contributed by atoms with Crippen molar-refractivity contribution in [1.82, 2.24) is 31.9 Å². The van der Waals surface area contributed by atoms with Gasteiger partial charge in [-0.1, -0.05) is 15.9 Å². The number of hydrogen-bond donors (Lipinski definition) is 9. The number of carbonyl (C=O) groups excluding carboxylic acids is 6. The third-order valence-corrected chi connectivity index (χ3v) is 9.73. The number of amides is 6.